The molecule has 0 aliphatic rings. The number of carbonyl (C=O) groups is 1. The van der Waals surface area contributed by atoms with Crippen molar-refractivity contribution >= 4 is 28.8 Å². The molecule has 0 bridgehead atoms. The average Bonchev–Trinajstić information content (AvgIpc) is 2.68. The van der Waals surface area contributed by atoms with Crippen LogP contribution in [0.3, 0.4) is 0 Å². The first-order chi connectivity index (χ1) is 13.4. The van der Waals surface area contributed by atoms with Crippen LogP contribution in [0.4, 0.5) is 5.69 Å². The molecule has 3 aromatic rings. The number of aryl methyl sites for hydroxylation is 2. The molecular formula is C19H17N5O4. The third-order valence-corrected chi connectivity index (χ3v) is 4.11. The molecule has 0 radical (unpaired) electrons. The van der Waals surface area contributed by atoms with Crippen molar-refractivity contribution in [2.75, 3.05) is 0 Å². The highest BCUT2D eigenvalue weighted by Crippen LogP contribution is 2.12. The average molecular weight is 379 g/mol. The fraction of sp³-hybridized carbons (Fsp3) is 0.158. The molecule has 0 unspecified atom stereocenters. The number of carbonyl (C=O) groups excluding carboxylic acids is 1. The van der Waals surface area contributed by atoms with Gasteiger partial charge in [0.2, 0.25) is 5.43 Å². The highest BCUT2D eigenvalue weighted by molar-refractivity contribution is 5.97. The van der Waals surface area contributed by atoms with Gasteiger partial charge in [0.25, 0.3) is 11.6 Å². The summed E-state index contributed by atoms with van der Waals surface area (Å²) in [6.45, 7) is 4.24. The number of nitrogens with one attached hydrogen (secondary N) is 1. The minimum Gasteiger partial charge on any atom is -0.332 e. The molecule has 0 saturated heterocycles. The summed E-state index contributed by atoms with van der Waals surface area (Å²) >= 11 is 0. The van der Waals surface area contributed by atoms with Gasteiger partial charge in [0.15, 0.2) is 0 Å². The predicted molar refractivity (Wildman–Crippen MR) is 105 cm³/mol. The Morgan fingerprint density at radius 1 is 1.36 bits per heavy atom. The number of non-ortho nitro benzene ring substituents is 1. The molecule has 0 saturated carbocycles. The van der Waals surface area contributed by atoms with E-state index in [0.717, 1.165) is 5.69 Å². The first kappa shape index (κ1) is 18.9. The SMILES string of the molecule is CCn1cc(C(=O)N/N=C/c2cccc([N+](=O)[O-])c2)c(=O)c2ccc(C)nc21. The van der Waals surface area contributed by atoms with Gasteiger partial charge < -0.3 is 4.57 Å². The zero-order chi connectivity index (χ0) is 20.3. The second-order valence-corrected chi connectivity index (χ2v) is 6.03. The van der Waals surface area contributed by atoms with E-state index >= 15 is 0 Å². The van der Waals surface area contributed by atoms with Crippen molar-refractivity contribution in [3.05, 3.63) is 79.8 Å². The second kappa shape index (κ2) is 7.78. The maximum absolute atomic E-state index is 12.7. The minimum absolute atomic E-state index is 0.0591. The normalized spacial score (nSPS) is 11.1. The lowest BCUT2D eigenvalue weighted by Crippen LogP contribution is -2.27. The van der Waals surface area contributed by atoms with Gasteiger partial charge in [0.1, 0.15) is 11.2 Å². The van der Waals surface area contributed by atoms with Crippen molar-refractivity contribution in [2.24, 2.45) is 5.10 Å². The van der Waals surface area contributed by atoms with Crippen LogP contribution in [0.15, 0.2) is 52.5 Å². The Morgan fingerprint density at radius 3 is 2.86 bits per heavy atom. The van der Waals surface area contributed by atoms with Gasteiger partial charge in [-0.05, 0) is 26.0 Å². The van der Waals surface area contributed by atoms with Crippen molar-refractivity contribution in [1.29, 1.82) is 0 Å². The zero-order valence-corrected chi connectivity index (χ0v) is 15.2. The van der Waals surface area contributed by atoms with E-state index in [2.05, 4.69) is 15.5 Å². The Hall–Kier alpha value is -3.88. The molecular weight excluding hydrogens is 362 g/mol. The highest BCUT2D eigenvalue weighted by atomic mass is 16.6. The van der Waals surface area contributed by atoms with Crippen LogP contribution in [-0.2, 0) is 6.54 Å². The second-order valence-electron chi connectivity index (χ2n) is 6.03. The van der Waals surface area contributed by atoms with E-state index in [9.17, 15) is 19.7 Å². The number of hydrogen-bond donors (Lipinski definition) is 1. The van der Waals surface area contributed by atoms with E-state index in [-0.39, 0.29) is 11.3 Å². The molecule has 0 spiro atoms. The number of rotatable bonds is 5. The van der Waals surface area contributed by atoms with Crippen LogP contribution in [0.2, 0.25) is 0 Å². The number of pyridine rings is 2. The molecule has 1 aromatic carbocycles. The van der Waals surface area contributed by atoms with Crippen molar-refractivity contribution in [1.82, 2.24) is 15.0 Å². The summed E-state index contributed by atoms with van der Waals surface area (Å²) in [7, 11) is 0. The van der Waals surface area contributed by atoms with E-state index < -0.39 is 16.3 Å². The van der Waals surface area contributed by atoms with E-state index in [4.69, 9.17) is 0 Å². The lowest BCUT2D eigenvalue weighted by molar-refractivity contribution is -0.384. The van der Waals surface area contributed by atoms with Crippen molar-refractivity contribution in [3.63, 3.8) is 0 Å². The number of hydrazone groups is 1. The molecule has 0 aliphatic carbocycles. The van der Waals surface area contributed by atoms with Crippen LogP contribution >= 0.6 is 0 Å². The number of benzene rings is 1. The first-order valence-electron chi connectivity index (χ1n) is 8.49. The predicted octanol–water partition coefficient (Wildman–Crippen LogP) is 2.40. The monoisotopic (exact) mass is 379 g/mol. The Balaban J connectivity index is 1.89. The number of nitro groups is 1. The van der Waals surface area contributed by atoms with Gasteiger partial charge in [-0.15, -0.1) is 0 Å². The molecule has 2 aromatic heterocycles. The summed E-state index contributed by atoms with van der Waals surface area (Å²) in [6.07, 6.45) is 2.73. The summed E-state index contributed by atoms with van der Waals surface area (Å²) in [4.78, 5) is 39.8. The standard InChI is InChI=1S/C19H17N5O4/c1-3-23-11-16(17(25)15-8-7-12(2)21-18(15)23)19(26)22-20-10-13-5-4-6-14(9-13)24(27)28/h4-11H,3H2,1-2H3,(H,22,26)/b20-10+. The van der Waals surface area contributed by atoms with Gasteiger partial charge in [-0.1, -0.05) is 12.1 Å². The maximum Gasteiger partial charge on any atom is 0.276 e. The van der Waals surface area contributed by atoms with Crippen LogP contribution < -0.4 is 10.9 Å². The van der Waals surface area contributed by atoms with E-state index in [1.807, 2.05) is 13.8 Å². The Labute approximate surface area is 159 Å². The summed E-state index contributed by atoms with van der Waals surface area (Å²) in [6, 6.07) is 9.16. The highest BCUT2D eigenvalue weighted by Gasteiger charge is 2.15. The van der Waals surface area contributed by atoms with Crippen LogP contribution in [0.1, 0.15) is 28.5 Å². The minimum atomic E-state index is -0.670. The van der Waals surface area contributed by atoms with E-state index in [0.29, 0.717) is 23.1 Å². The van der Waals surface area contributed by atoms with Crippen molar-refractivity contribution in [3.8, 4) is 0 Å². The van der Waals surface area contributed by atoms with Crippen LogP contribution in [0.25, 0.3) is 11.0 Å². The Kier molecular flexibility index (Phi) is 5.25. The number of nitro benzene ring substituents is 1. The molecule has 0 aliphatic heterocycles. The summed E-state index contributed by atoms with van der Waals surface area (Å²) in [5.74, 6) is -0.670. The molecule has 0 fully saturated rings. The van der Waals surface area contributed by atoms with Gasteiger partial charge in [-0.3, -0.25) is 19.7 Å². The smallest absolute Gasteiger partial charge is 0.276 e. The lowest BCUT2D eigenvalue weighted by Gasteiger charge is -2.10. The number of fused-ring (bicyclic) bond motifs is 1. The number of hydrogen-bond acceptors (Lipinski definition) is 6. The fourth-order valence-corrected chi connectivity index (χ4v) is 2.71. The maximum atomic E-state index is 12.7. The number of amides is 1. The number of nitrogens with zero attached hydrogens (tertiary/aromatic N) is 4. The quantitative estimate of drug-likeness (QED) is 0.415. The molecule has 1 amide bonds. The topological polar surface area (TPSA) is 119 Å². The van der Waals surface area contributed by atoms with Crippen LogP contribution in [0, 0.1) is 17.0 Å². The summed E-state index contributed by atoms with van der Waals surface area (Å²) in [5.41, 5.74) is 3.44. The number of aromatic nitrogens is 2. The van der Waals surface area contributed by atoms with Crippen molar-refractivity contribution in [2.45, 2.75) is 20.4 Å². The van der Waals surface area contributed by atoms with E-state index in [1.54, 1.807) is 22.8 Å². The molecule has 1 N–H and O–H groups in total. The molecule has 3 rings (SSSR count). The van der Waals surface area contributed by atoms with Gasteiger partial charge in [-0.25, -0.2) is 10.4 Å². The molecule has 142 valence electrons. The first-order valence-corrected chi connectivity index (χ1v) is 8.49. The molecule has 9 nitrogen and oxygen atoms in total. The fourth-order valence-electron chi connectivity index (χ4n) is 2.71. The molecule has 9 heteroatoms. The molecule has 28 heavy (non-hydrogen) atoms. The van der Waals surface area contributed by atoms with Gasteiger partial charge >= 0.3 is 0 Å². The Morgan fingerprint density at radius 2 is 2.14 bits per heavy atom. The largest absolute Gasteiger partial charge is 0.332 e. The van der Waals surface area contributed by atoms with Gasteiger partial charge in [-0.2, -0.15) is 5.10 Å². The summed E-state index contributed by atoms with van der Waals surface area (Å²) in [5, 5.41) is 14.9. The summed E-state index contributed by atoms with van der Waals surface area (Å²) < 4.78 is 1.73. The van der Waals surface area contributed by atoms with Crippen LogP contribution in [0.5, 0.6) is 0 Å². The van der Waals surface area contributed by atoms with Crippen LogP contribution in [-0.4, -0.2) is 26.6 Å². The van der Waals surface area contributed by atoms with Gasteiger partial charge in [0.05, 0.1) is 16.5 Å². The molecule has 2 heterocycles. The Bertz CT molecular complexity index is 1170. The lowest BCUT2D eigenvalue weighted by atomic mass is 10.1. The van der Waals surface area contributed by atoms with Crippen molar-refractivity contribution < 1.29 is 9.72 Å². The van der Waals surface area contributed by atoms with E-state index in [1.165, 1.54) is 30.6 Å². The van der Waals surface area contributed by atoms with Gasteiger partial charge in [0, 0.05) is 36.1 Å². The third-order valence-electron chi connectivity index (χ3n) is 4.11. The third kappa shape index (κ3) is 3.78. The zero-order valence-electron chi connectivity index (χ0n) is 15.2. The molecule has 0 atom stereocenters.